The summed E-state index contributed by atoms with van der Waals surface area (Å²) in [5.41, 5.74) is -0.936. The lowest BCUT2D eigenvalue weighted by molar-refractivity contribution is 0.380. The second-order valence-electron chi connectivity index (χ2n) is 4.38. The largest absolute Gasteiger partial charge is 0.380 e. The Kier molecular flexibility index (Phi) is 4.54. The second-order valence-corrected chi connectivity index (χ2v) is 5.61. The van der Waals surface area contributed by atoms with Gasteiger partial charge in [-0.15, -0.1) is 0 Å². The molecule has 1 aromatic carbocycles. The van der Waals surface area contributed by atoms with E-state index in [1.54, 1.807) is 11.8 Å². The third kappa shape index (κ3) is 2.96. The smallest absolute Gasteiger partial charge is 0.200 e. The lowest BCUT2D eigenvalue weighted by Crippen LogP contribution is -2.21. The van der Waals surface area contributed by atoms with E-state index in [0.717, 1.165) is 24.3 Å². The van der Waals surface area contributed by atoms with E-state index in [1.807, 2.05) is 0 Å². The fraction of sp³-hybridized carbons (Fsp3) is 0.500. The Bertz CT molecular complexity index is 445. The molecule has 1 N–H and O–H groups in total. The van der Waals surface area contributed by atoms with E-state index >= 15 is 0 Å². The molecule has 1 heterocycles. The van der Waals surface area contributed by atoms with Crippen molar-refractivity contribution >= 4 is 17.4 Å². The molecule has 0 amide bonds. The molecule has 1 aliphatic rings. The number of thioether (sulfide) groups is 1. The molecule has 106 valence electrons. The first-order valence-electron chi connectivity index (χ1n) is 5.85. The maximum atomic E-state index is 13.4. The van der Waals surface area contributed by atoms with Crippen LogP contribution in [0.2, 0.25) is 0 Å². The van der Waals surface area contributed by atoms with Crippen LogP contribution >= 0.6 is 11.8 Å². The fourth-order valence-corrected chi connectivity index (χ4v) is 3.16. The lowest BCUT2D eigenvalue weighted by atomic mass is 10.0. The van der Waals surface area contributed by atoms with Gasteiger partial charge in [0.25, 0.3) is 0 Å². The Morgan fingerprint density at radius 1 is 0.842 bits per heavy atom. The van der Waals surface area contributed by atoms with Gasteiger partial charge in [-0.05, 0) is 30.3 Å². The van der Waals surface area contributed by atoms with E-state index in [-0.39, 0.29) is 12.5 Å². The standard InChI is InChI=1S/C12H12F5NS/c13-7-8(14)10(16)12(11(17)9(7)15)18-5-6-1-3-19-4-2-6/h6,18H,1-5H2. The molecule has 0 saturated carbocycles. The van der Waals surface area contributed by atoms with E-state index < -0.39 is 34.8 Å². The Balaban J connectivity index is 2.15. The van der Waals surface area contributed by atoms with E-state index in [2.05, 4.69) is 5.32 Å². The highest BCUT2D eigenvalue weighted by Crippen LogP contribution is 2.28. The third-order valence-corrected chi connectivity index (χ3v) is 4.17. The van der Waals surface area contributed by atoms with Crippen molar-refractivity contribution in [1.82, 2.24) is 0 Å². The van der Waals surface area contributed by atoms with Crippen molar-refractivity contribution in [3.05, 3.63) is 29.1 Å². The SMILES string of the molecule is Fc1c(F)c(F)c(NCC2CCSCC2)c(F)c1F. The zero-order valence-electron chi connectivity index (χ0n) is 9.91. The average molecular weight is 297 g/mol. The van der Waals surface area contributed by atoms with Gasteiger partial charge in [-0.25, -0.2) is 22.0 Å². The summed E-state index contributed by atoms with van der Waals surface area (Å²) in [6.07, 6.45) is 1.74. The van der Waals surface area contributed by atoms with Crippen LogP contribution < -0.4 is 5.32 Å². The minimum absolute atomic E-state index is 0.191. The van der Waals surface area contributed by atoms with Gasteiger partial charge in [0.2, 0.25) is 5.82 Å². The van der Waals surface area contributed by atoms with Crippen molar-refractivity contribution in [2.24, 2.45) is 5.92 Å². The summed E-state index contributed by atoms with van der Waals surface area (Å²) < 4.78 is 65.5. The molecule has 0 aromatic heterocycles. The molecule has 0 unspecified atom stereocenters. The maximum absolute atomic E-state index is 13.4. The molecule has 1 aliphatic heterocycles. The molecule has 0 spiro atoms. The van der Waals surface area contributed by atoms with Gasteiger partial charge in [0.05, 0.1) is 0 Å². The Labute approximate surface area is 111 Å². The van der Waals surface area contributed by atoms with Gasteiger partial charge in [-0.3, -0.25) is 0 Å². The van der Waals surface area contributed by atoms with Crippen LogP contribution in [0.4, 0.5) is 27.6 Å². The summed E-state index contributed by atoms with van der Waals surface area (Å²) in [4.78, 5) is 0. The molecule has 7 heteroatoms. The molecule has 1 aromatic rings. The van der Waals surface area contributed by atoms with E-state index in [1.165, 1.54) is 0 Å². The highest BCUT2D eigenvalue weighted by molar-refractivity contribution is 7.99. The number of anilines is 1. The zero-order valence-corrected chi connectivity index (χ0v) is 10.7. The van der Waals surface area contributed by atoms with Gasteiger partial charge < -0.3 is 5.32 Å². The first-order valence-corrected chi connectivity index (χ1v) is 7.01. The molecule has 0 aliphatic carbocycles. The molecular weight excluding hydrogens is 285 g/mol. The molecule has 0 radical (unpaired) electrons. The third-order valence-electron chi connectivity index (χ3n) is 3.12. The minimum atomic E-state index is -2.13. The summed E-state index contributed by atoms with van der Waals surface area (Å²) >= 11 is 1.79. The Hall–Kier alpha value is -0.980. The summed E-state index contributed by atoms with van der Waals surface area (Å²) in [6, 6.07) is 0. The molecule has 1 fully saturated rings. The number of hydrogen-bond donors (Lipinski definition) is 1. The fourth-order valence-electron chi connectivity index (χ4n) is 1.96. The summed E-state index contributed by atoms with van der Waals surface area (Å²) in [5.74, 6) is -7.48. The van der Waals surface area contributed by atoms with Crippen LogP contribution in [-0.2, 0) is 0 Å². The number of rotatable bonds is 3. The van der Waals surface area contributed by atoms with Crippen molar-refractivity contribution in [3.63, 3.8) is 0 Å². The number of hydrogen-bond acceptors (Lipinski definition) is 2. The summed E-state index contributed by atoms with van der Waals surface area (Å²) in [7, 11) is 0. The molecule has 2 rings (SSSR count). The predicted molar refractivity (Wildman–Crippen MR) is 64.8 cm³/mol. The molecule has 0 atom stereocenters. The highest BCUT2D eigenvalue weighted by Gasteiger charge is 2.26. The molecular formula is C12H12F5NS. The van der Waals surface area contributed by atoms with E-state index in [4.69, 9.17) is 0 Å². The number of halogens is 5. The number of nitrogens with one attached hydrogen (secondary N) is 1. The minimum Gasteiger partial charge on any atom is -0.380 e. The molecule has 1 nitrogen and oxygen atoms in total. The van der Waals surface area contributed by atoms with Gasteiger partial charge in [-0.1, -0.05) is 0 Å². The van der Waals surface area contributed by atoms with Crippen LogP contribution in [0, 0.1) is 35.0 Å². The molecule has 19 heavy (non-hydrogen) atoms. The monoisotopic (exact) mass is 297 g/mol. The molecule has 0 bridgehead atoms. The normalized spacial score (nSPS) is 16.7. The van der Waals surface area contributed by atoms with Crippen molar-refractivity contribution in [3.8, 4) is 0 Å². The van der Waals surface area contributed by atoms with Crippen molar-refractivity contribution in [2.45, 2.75) is 12.8 Å². The van der Waals surface area contributed by atoms with Crippen LogP contribution in [0.5, 0.6) is 0 Å². The van der Waals surface area contributed by atoms with Gasteiger partial charge in [0.15, 0.2) is 23.3 Å². The van der Waals surface area contributed by atoms with Crippen molar-refractivity contribution in [2.75, 3.05) is 23.4 Å². The lowest BCUT2D eigenvalue weighted by Gasteiger charge is -2.22. The maximum Gasteiger partial charge on any atom is 0.200 e. The summed E-state index contributed by atoms with van der Waals surface area (Å²) in [5, 5.41) is 2.35. The van der Waals surface area contributed by atoms with Gasteiger partial charge in [0.1, 0.15) is 5.69 Å². The van der Waals surface area contributed by atoms with E-state index in [0.29, 0.717) is 0 Å². The van der Waals surface area contributed by atoms with Gasteiger partial charge in [0, 0.05) is 6.54 Å². The zero-order chi connectivity index (χ0) is 14.0. The second kappa shape index (κ2) is 5.98. The van der Waals surface area contributed by atoms with Crippen molar-refractivity contribution < 1.29 is 22.0 Å². The van der Waals surface area contributed by atoms with Crippen LogP contribution in [0.15, 0.2) is 0 Å². The van der Waals surface area contributed by atoms with Crippen molar-refractivity contribution in [1.29, 1.82) is 0 Å². The van der Waals surface area contributed by atoms with Crippen LogP contribution in [0.3, 0.4) is 0 Å². The first kappa shape index (κ1) is 14.4. The van der Waals surface area contributed by atoms with Gasteiger partial charge in [-0.2, -0.15) is 11.8 Å². The summed E-state index contributed by atoms with van der Waals surface area (Å²) in [6.45, 7) is 0.207. The van der Waals surface area contributed by atoms with Crippen LogP contribution in [0.1, 0.15) is 12.8 Å². The number of benzene rings is 1. The van der Waals surface area contributed by atoms with Crippen LogP contribution in [-0.4, -0.2) is 18.1 Å². The predicted octanol–water partition coefficient (Wildman–Crippen LogP) is 3.94. The van der Waals surface area contributed by atoms with Gasteiger partial charge >= 0.3 is 0 Å². The molecule has 1 saturated heterocycles. The average Bonchev–Trinajstić information content (AvgIpc) is 2.44. The highest BCUT2D eigenvalue weighted by atomic mass is 32.2. The first-order chi connectivity index (χ1) is 9.02. The topological polar surface area (TPSA) is 12.0 Å². The Morgan fingerprint density at radius 2 is 1.32 bits per heavy atom. The quantitative estimate of drug-likeness (QED) is 0.515. The van der Waals surface area contributed by atoms with Crippen LogP contribution in [0.25, 0.3) is 0 Å². The Morgan fingerprint density at radius 3 is 1.84 bits per heavy atom. The van der Waals surface area contributed by atoms with E-state index in [9.17, 15) is 22.0 Å².